The summed E-state index contributed by atoms with van der Waals surface area (Å²) in [7, 11) is 0. The van der Waals surface area contributed by atoms with E-state index in [2.05, 4.69) is 39.7 Å². The molecular formula is C9H13BrN2O. The van der Waals surface area contributed by atoms with E-state index in [1.54, 1.807) is 12.4 Å². The molecule has 0 saturated carbocycles. The van der Waals surface area contributed by atoms with Crippen LogP contribution in [0.15, 0.2) is 16.9 Å². The first-order chi connectivity index (χ1) is 6.09. The van der Waals surface area contributed by atoms with E-state index in [0.29, 0.717) is 11.9 Å². The quantitative estimate of drug-likeness (QED) is 0.821. The molecule has 13 heavy (non-hydrogen) atoms. The molecule has 0 N–H and O–H groups in total. The third-order valence-corrected chi connectivity index (χ3v) is 2.24. The van der Waals surface area contributed by atoms with Crippen molar-refractivity contribution in [1.29, 1.82) is 0 Å². The van der Waals surface area contributed by atoms with E-state index in [9.17, 15) is 0 Å². The lowest BCUT2D eigenvalue weighted by Crippen LogP contribution is -2.19. The van der Waals surface area contributed by atoms with Crippen molar-refractivity contribution >= 4 is 15.9 Å². The molecule has 1 aromatic rings. The van der Waals surface area contributed by atoms with Crippen LogP contribution in [-0.2, 0) is 0 Å². The lowest BCUT2D eigenvalue weighted by molar-refractivity contribution is 0.155. The van der Waals surface area contributed by atoms with Gasteiger partial charge in [0.15, 0.2) is 0 Å². The van der Waals surface area contributed by atoms with Gasteiger partial charge in [-0.25, -0.2) is 9.97 Å². The van der Waals surface area contributed by atoms with E-state index in [1.807, 2.05) is 6.92 Å². The number of rotatable bonds is 3. The first-order valence-electron chi connectivity index (χ1n) is 4.24. The van der Waals surface area contributed by atoms with Crippen LogP contribution in [0.1, 0.15) is 20.8 Å². The summed E-state index contributed by atoms with van der Waals surface area (Å²) in [6.07, 6.45) is 3.49. The van der Waals surface area contributed by atoms with Gasteiger partial charge in [-0.3, -0.25) is 0 Å². The molecule has 72 valence electrons. The predicted octanol–water partition coefficient (Wildman–Crippen LogP) is 2.66. The number of aromatic nitrogens is 2. The van der Waals surface area contributed by atoms with E-state index in [4.69, 9.17) is 4.74 Å². The summed E-state index contributed by atoms with van der Waals surface area (Å²) in [6, 6.07) is 0.435. The Morgan fingerprint density at radius 3 is 2.23 bits per heavy atom. The summed E-state index contributed by atoms with van der Waals surface area (Å²) in [5.74, 6) is 0.465. The maximum atomic E-state index is 5.49. The molecule has 0 aromatic carbocycles. The fourth-order valence-electron chi connectivity index (χ4n) is 0.664. The molecule has 4 heteroatoms. The highest BCUT2D eigenvalue weighted by molar-refractivity contribution is 9.10. The number of hydrogen-bond acceptors (Lipinski definition) is 3. The molecule has 0 aliphatic carbocycles. The van der Waals surface area contributed by atoms with Crippen molar-refractivity contribution in [1.82, 2.24) is 9.97 Å². The molecule has 3 nitrogen and oxygen atoms in total. The van der Waals surface area contributed by atoms with Gasteiger partial charge in [0.05, 0.1) is 4.47 Å². The van der Waals surface area contributed by atoms with Gasteiger partial charge in [0.1, 0.15) is 6.10 Å². The second-order valence-electron chi connectivity index (χ2n) is 3.25. The van der Waals surface area contributed by atoms with Crippen LogP contribution in [-0.4, -0.2) is 16.1 Å². The van der Waals surface area contributed by atoms with Crippen LogP contribution in [0, 0.1) is 5.92 Å². The van der Waals surface area contributed by atoms with Crippen LogP contribution < -0.4 is 4.74 Å². The summed E-state index contributed by atoms with van der Waals surface area (Å²) < 4.78 is 6.35. The van der Waals surface area contributed by atoms with Crippen LogP contribution in [0.25, 0.3) is 0 Å². The van der Waals surface area contributed by atoms with Crippen LogP contribution in [0.2, 0.25) is 0 Å². The van der Waals surface area contributed by atoms with E-state index in [1.165, 1.54) is 0 Å². The van der Waals surface area contributed by atoms with Crippen LogP contribution >= 0.6 is 15.9 Å². The molecule has 1 unspecified atom stereocenters. The normalized spacial score (nSPS) is 13.0. The molecule has 0 fully saturated rings. The highest BCUT2D eigenvalue weighted by Gasteiger charge is 2.09. The Morgan fingerprint density at radius 2 is 1.77 bits per heavy atom. The highest BCUT2D eigenvalue weighted by atomic mass is 79.9. The number of hydrogen-bond donors (Lipinski definition) is 0. The maximum absolute atomic E-state index is 5.49. The summed E-state index contributed by atoms with van der Waals surface area (Å²) in [5.41, 5.74) is 0. The van der Waals surface area contributed by atoms with Gasteiger partial charge in [-0.1, -0.05) is 13.8 Å². The number of halogens is 1. The summed E-state index contributed by atoms with van der Waals surface area (Å²) >= 11 is 3.26. The number of nitrogens with zero attached hydrogens (tertiary/aromatic N) is 2. The largest absolute Gasteiger partial charge is 0.460 e. The molecule has 1 heterocycles. The second kappa shape index (κ2) is 4.56. The molecular weight excluding hydrogens is 232 g/mol. The van der Waals surface area contributed by atoms with Crippen LogP contribution in [0.5, 0.6) is 6.01 Å². The molecule has 1 rings (SSSR count). The average molecular weight is 245 g/mol. The molecule has 0 spiro atoms. The Labute approximate surface area is 86.7 Å². The molecule has 0 bridgehead atoms. The van der Waals surface area contributed by atoms with E-state index < -0.39 is 0 Å². The van der Waals surface area contributed by atoms with Crippen molar-refractivity contribution in [2.24, 2.45) is 5.92 Å². The van der Waals surface area contributed by atoms with Gasteiger partial charge < -0.3 is 4.74 Å². The Morgan fingerprint density at radius 1 is 1.23 bits per heavy atom. The van der Waals surface area contributed by atoms with Crippen LogP contribution in [0.4, 0.5) is 0 Å². The SMILES string of the molecule is CC(C)C(C)Oc1ncc(Br)cn1. The van der Waals surface area contributed by atoms with Gasteiger partial charge in [0, 0.05) is 12.4 Å². The van der Waals surface area contributed by atoms with Crippen molar-refractivity contribution in [3.8, 4) is 6.01 Å². The first-order valence-corrected chi connectivity index (χ1v) is 5.03. The Kier molecular flexibility index (Phi) is 3.66. The minimum atomic E-state index is 0.140. The van der Waals surface area contributed by atoms with E-state index in [-0.39, 0.29) is 6.10 Å². The highest BCUT2D eigenvalue weighted by Crippen LogP contribution is 2.12. The van der Waals surface area contributed by atoms with Crippen molar-refractivity contribution < 1.29 is 4.74 Å². The van der Waals surface area contributed by atoms with E-state index >= 15 is 0 Å². The fourth-order valence-corrected chi connectivity index (χ4v) is 0.868. The smallest absolute Gasteiger partial charge is 0.316 e. The van der Waals surface area contributed by atoms with Crippen LogP contribution in [0.3, 0.4) is 0 Å². The van der Waals surface area contributed by atoms with E-state index in [0.717, 1.165) is 4.47 Å². The van der Waals surface area contributed by atoms with Crippen molar-refractivity contribution in [2.45, 2.75) is 26.9 Å². The monoisotopic (exact) mass is 244 g/mol. The zero-order valence-electron chi connectivity index (χ0n) is 7.99. The topological polar surface area (TPSA) is 35.0 Å². The molecule has 0 aliphatic rings. The van der Waals surface area contributed by atoms with Gasteiger partial charge in [-0.2, -0.15) is 0 Å². The molecule has 1 aromatic heterocycles. The number of ether oxygens (including phenoxy) is 1. The van der Waals surface area contributed by atoms with Gasteiger partial charge in [0.25, 0.3) is 0 Å². The van der Waals surface area contributed by atoms with Gasteiger partial charge in [-0.05, 0) is 28.8 Å². The fraction of sp³-hybridized carbons (Fsp3) is 0.556. The van der Waals surface area contributed by atoms with Gasteiger partial charge >= 0.3 is 6.01 Å². The lowest BCUT2D eigenvalue weighted by Gasteiger charge is -2.15. The summed E-state index contributed by atoms with van der Waals surface area (Å²) in [6.45, 7) is 6.21. The Bertz CT molecular complexity index is 261. The van der Waals surface area contributed by atoms with Gasteiger partial charge in [0.2, 0.25) is 0 Å². The summed E-state index contributed by atoms with van der Waals surface area (Å²) in [5, 5.41) is 0. The third-order valence-electron chi connectivity index (χ3n) is 1.83. The van der Waals surface area contributed by atoms with Gasteiger partial charge in [-0.15, -0.1) is 0 Å². The Balaban J connectivity index is 2.59. The standard InChI is InChI=1S/C9H13BrN2O/c1-6(2)7(3)13-9-11-4-8(10)5-12-9/h4-7H,1-3H3. The average Bonchev–Trinajstić information content (AvgIpc) is 2.08. The molecule has 0 radical (unpaired) electrons. The molecule has 0 amide bonds. The third kappa shape index (κ3) is 3.30. The van der Waals surface area contributed by atoms with Crippen molar-refractivity contribution in [2.75, 3.05) is 0 Å². The maximum Gasteiger partial charge on any atom is 0.316 e. The minimum Gasteiger partial charge on any atom is -0.460 e. The summed E-state index contributed by atoms with van der Waals surface area (Å²) in [4.78, 5) is 8.04. The molecule has 0 saturated heterocycles. The van der Waals surface area contributed by atoms with Crippen molar-refractivity contribution in [3.05, 3.63) is 16.9 Å². The van der Waals surface area contributed by atoms with Crippen molar-refractivity contribution in [3.63, 3.8) is 0 Å². The lowest BCUT2D eigenvalue weighted by atomic mass is 10.1. The minimum absolute atomic E-state index is 0.140. The molecule has 0 aliphatic heterocycles. The first kappa shape index (κ1) is 10.4. The predicted molar refractivity (Wildman–Crippen MR) is 54.7 cm³/mol. The zero-order chi connectivity index (χ0) is 9.84. The zero-order valence-corrected chi connectivity index (χ0v) is 9.58. The second-order valence-corrected chi connectivity index (χ2v) is 4.17. The molecule has 1 atom stereocenters. The Hall–Kier alpha value is -0.640.